The molecule has 3 rings (SSSR count). The lowest BCUT2D eigenvalue weighted by Gasteiger charge is -2.22. The van der Waals surface area contributed by atoms with Gasteiger partial charge in [-0.05, 0) is 37.3 Å². The van der Waals surface area contributed by atoms with Crippen LogP contribution in [0.2, 0.25) is 0 Å². The van der Waals surface area contributed by atoms with E-state index in [-0.39, 0.29) is 47.3 Å². The van der Waals surface area contributed by atoms with Crippen molar-refractivity contribution in [2.24, 2.45) is 0 Å². The average molecular weight is 512 g/mol. The number of nitrogens with one attached hydrogen (secondary N) is 1. The third-order valence-electron chi connectivity index (χ3n) is 5.80. The Bertz CT molecular complexity index is 1330. The van der Waals surface area contributed by atoms with Crippen LogP contribution >= 0.6 is 0 Å². The van der Waals surface area contributed by atoms with E-state index in [1.807, 2.05) is 0 Å². The summed E-state index contributed by atoms with van der Waals surface area (Å²) in [5.41, 5.74) is -0.159. The molecule has 0 saturated carbocycles. The number of ether oxygens (including phenoxy) is 4. The molecule has 3 aromatic rings. The summed E-state index contributed by atoms with van der Waals surface area (Å²) in [6, 6.07) is 11.0. The van der Waals surface area contributed by atoms with E-state index in [1.165, 1.54) is 41.4 Å². The zero-order chi connectivity index (χ0) is 27.1. The van der Waals surface area contributed by atoms with Crippen molar-refractivity contribution >= 4 is 11.7 Å². The van der Waals surface area contributed by atoms with Crippen molar-refractivity contribution in [2.75, 3.05) is 35.0 Å². The number of hydrogen-bond donors (Lipinski definition) is 2. The van der Waals surface area contributed by atoms with Crippen LogP contribution in [-0.4, -0.2) is 51.8 Å². The van der Waals surface area contributed by atoms with Gasteiger partial charge in [-0.1, -0.05) is 6.07 Å². The number of aromatic hydroxyl groups is 1. The Kier molecular flexibility index (Phi) is 8.78. The van der Waals surface area contributed by atoms with Crippen LogP contribution < -0.4 is 29.9 Å². The Morgan fingerprint density at radius 2 is 1.62 bits per heavy atom. The fourth-order valence-corrected chi connectivity index (χ4v) is 4.01. The summed E-state index contributed by atoms with van der Waals surface area (Å²) in [4.78, 5) is 38.4. The summed E-state index contributed by atoms with van der Waals surface area (Å²) >= 11 is 0. The molecule has 0 aliphatic rings. The summed E-state index contributed by atoms with van der Waals surface area (Å²) in [5, 5.41) is 13.3. The first-order valence-electron chi connectivity index (χ1n) is 11.3. The van der Waals surface area contributed by atoms with E-state index < -0.39 is 17.5 Å². The Hall–Kier alpha value is -4.47. The van der Waals surface area contributed by atoms with E-state index in [0.717, 1.165) is 0 Å². The molecule has 1 aromatic heterocycles. The van der Waals surface area contributed by atoms with E-state index in [4.69, 9.17) is 23.4 Å². The maximum atomic E-state index is 13.0. The normalized spacial score (nSPS) is 11.4. The van der Waals surface area contributed by atoms with Gasteiger partial charge in [-0.25, -0.2) is 4.79 Å². The fourth-order valence-electron chi connectivity index (χ4n) is 4.01. The number of Topliss-reactive ketones (excluding diaryl/α,β-unsaturated/α-hetero) is 1. The zero-order valence-corrected chi connectivity index (χ0v) is 21.2. The van der Waals surface area contributed by atoms with Gasteiger partial charge in [0.1, 0.15) is 17.3 Å². The SMILES string of the molecule is COc1ccc(C(=O)CNC(=O)C[C@@H](c2ccc(OC)c(OC)c2OC)c2c(O)cc(C)oc2=O)cc1. The van der Waals surface area contributed by atoms with Crippen LogP contribution in [-0.2, 0) is 4.79 Å². The highest BCUT2D eigenvalue weighted by Gasteiger charge is 2.30. The van der Waals surface area contributed by atoms with Gasteiger partial charge in [0.15, 0.2) is 17.3 Å². The fraction of sp³-hybridized carbons (Fsp3) is 0.296. The van der Waals surface area contributed by atoms with Gasteiger partial charge in [0.05, 0.1) is 40.5 Å². The molecular weight excluding hydrogens is 482 g/mol. The number of carbonyl (C=O) groups is 2. The monoisotopic (exact) mass is 511 g/mol. The molecule has 0 radical (unpaired) electrons. The first-order chi connectivity index (χ1) is 17.7. The predicted molar refractivity (Wildman–Crippen MR) is 134 cm³/mol. The number of amides is 1. The average Bonchev–Trinajstić information content (AvgIpc) is 2.89. The highest BCUT2D eigenvalue weighted by molar-refractivity contribution is 5.99. The number of hydrogen-bond acceptors (Lipinski definition) is 9. The van der Waals surface area contributed by atoms with Crippen molar-refractivity contribution in [1.29, 1.82) is 0 Å². The third-order valence-corrected chi connectivity index (χ3v) is 5.80. The van der Waals surface area contributed by atoms with Gasteiger partial charge in [-0.2, -0.15) is 0 Å². The van der Waals surface area contributed by atoms with Crippen LogP contribution in [0.3, 0.4) is 0 Å². The van der Waals surface area contributed by atoms with Crippen molar-refractivity contribution in [3.8, 4) is 28.7 Å². The van der Waals surface area contributed by atoms with Gasteiger partial charge in [0, 0.05) is 29.5 Å². The van der Waals surface area contributed by atoms with Crippen LogP contribution in [0.25, 0.3) is 0 Å². The molecule has 196 valence electrons. The number of carbonyl (C=O) groups excluding carboxylic acids is 2. The molecular formula is C27H29NO9. The molecule has 0 aliphatic heterocycles. The lowest BCUT2D eigenvalue weighted by atomic mass is 9.87. The molecule has 1 amide bonds. The molecule has 2 N–H and O–H groups in total. The highest BCUT2D eigenvalue weighted by Crippen LogP contribution is 2.45. The predicted octanol–water partition coefficient (Wildman–Crippen LogP) is 3.21. The van der Waals surface area contributed by atoms with Crippen molar-refractivity contribution in [1.82, 2.24) is 5.32 Å². The van der Waals surface area contributed by atoms with Crippen molar-refractivity contribution in [2.45, 2.75) is 19.3 Å². The Labute approximate surface area is 213 Å². The first kappa shape index (κ1) is 27.1. The Balaban J connectivity index is 1.95. The first-order valence-corrected chi connectivity index (χ1v) is 11.3. The number of rotatable bonds is 11. The van der Waals surface area contributed by atoms with E-state index in [2.05, 4.69) is 5.32 Å². The van der Waals surface area contributed by atoms with E-state index in [0.29, 0.717) is 22.6 Å². The van der Waals surface area contributed by atoms with Crippen LogP contribution in [0, 0.1) is 6.92 Å². The van der Waals surface area contributed by atoms with Crippen molar-refractivity contribution < 1.29 is 38.1 Å². The van der Waals surface area contributed by atoms with E-state index in [9.17, 15) is 19.5 Å². The highest BCUT2D eigenvalue weighted by atomic mass is 16.5. The van der Waals surface area contributed by atoms with Gasteiger partial charge in [-0.3, -0.25) is 9.59 Å². The summed E-state index contributed by atoms with van der Waals surface area (Å²) in [7, 11) is 5.81. The zero-order valence-electron chi connectivity index (χ0n) is 21.2. The summed E-state index contributed by atoms with van der Waals surface area (Å²) in [6.45, 7) is 1.25. The van der Waals surface area contributed by atoms with E-state index in [1.54, 1.807) is 36.4 Å². The van der Waals surface area contributed by atoms with Gasteiger partial charge in [-0.15, -0.1) is 0 Å². The summed E-state index contributed by atoms with van der Waals surface area (Å²) < 4.78 is 26.6. The van der Waals surface area contributed by atoms with Crippen LogP contribution in [0.15, 0.2) is 51.7 Å². The quantitative estimate of drug-likeness (QED) is 0.372. The summed E-state index contributed by atoms with van der Waals surface area (Å²) in [6.07, 6.45) is -0.302. The minimum atomic E-state index is -0.998. The topological polar surface area (TPSA) is 134 Å². The number of methoxy groups -OCH3 is 4. The smallest absolute Gasteiger partial charge is 0.343 e. The Morgan fingerprint density at radius 1 is 0.946 bits per heavy atom. The molecule has 0 spiro atoms. The second-order valence-corrected chi connectivity index (χ2v) is 8.05. The maximum Gasteiger partial charge on any atom is 0.343 e. The molecule has 37 heavy (non-hydrogen) atoms. The minimum Gasteiger partial charge on any atom is -0.507 e. The maximum absolute atomic E-state index is 13.0. The van der Waals surface area contributed by atoms with Gasteiger partial charge < -0.3 is 33.8 Å². The third kappa shape index (κ3) is 6.03. The Morgan fingerprint density at radius 3 is 2.19 bits per heavy atom. The van der Waals surface area contributed by atoms with Crippen LogP contribution in [0.5, 0.6) is 28.7 Å². The molecule has 0 fully saturated rings. The molecule has 0 unspecified atom stereocenters. The largest absolute Gasteiger partial charge is 0.507 e. The van der Waals surface area contributed by atoms with Crippen molar-refractivity contribution in [3.05, 3.63) is 75.3 Å². The lowest BCUT2D eigenvalue weighted by Crippen LogP contribution is -2.31. The molecule has 10 nitrogen and oxygen atoms in total. The molecule has 0 saturated heterocycles. The van der Waals surface area contributed by atoms with Crippen LogP contribution in [0.4, 0.5) is 0 Å². The summed E-state index contributed by atoms with van der Waals surface area (Å²) in [5.74, 6) is -0.538. The minimum absolute atomic E-state index is 0.132. The molecule has 1 heterocycles. The number of benzene rings is 2. The van der Waals surface area contributed by atoms with Crippen molar-refractivity contribution in [3.63, 3.8) is 0 Å². The van der Waals surface area contributed by atoms with Gasteiger partial charge >= 0.3 is 5.63 Å². The van der Waals surface area contributed by atoms with Gasteiger partial charge in [0.2, 0.25) is 11.7 Å². The molecule has 0 bridgehead atoms. The van der Waals surface area contributed by atoms with E-state index >= 15 is 0 Å². The lowest BCUT2D eigenvalue weighted by molar-refractivity contribution is -0.121. The molecule has 0 aliphatic carbocycles. The number of ketones is 1. The van der Waals surface area contributed by atoms with Gasteiger partial charge in [0.25, 0.3) is 0 Å². The van der Waals surface area contributed by atoms with Crippen LogP contribution in [0.1, 0.15) is 39.6 Å². The standard InChI is InChI=1S/C27H29NO9/c1-15-12-20(29)24(27(32)37-15)19(18-10-11-22(34-3)26(36-5)25(18)35-4)13-23(31)28-14-21(30)16-6-8-17(33-2)9-7-16/h6-12,19,29H,13-14H2,1-5H3,(H,28,31)/t19-/m0/s1. The number of aryl methyl sites for hydroxylation is 1. The molecule has 1 atom stereocenters. The second-order valence-electron chi connectivity index (χ2n) is 8.05. The molecule has 10 heteroatoms. The molecule has 2 aromatic carbocycles. The second kappa shape index (κ2) is 12.0.